The number of hydrogen-bond acceptors (Lipinski definition) is 3. The van der Waals surface area contributed by atoms with E-state index in [9.17, 15) is 4.79 Å². The van der Waals surface area contributed by atoms with E-state index < -0.39 is 0 Å². The smallest absolute Gasteiger partial charge is 0.272 e. The molecule has 1 aromatic heterocycles. The van der Waals surface area contributed by atoms with Gasteiger partial charge in [0.05, 0.1) is 5.69 Å². The largest absolute Gasteiger partial charge is 0.337 e. The lowest BCUT2D eigenvalue weighted by Gasteiger charge is -2.41. The summed E-state index contributed by atoms with van der Waals surface area (Å²) in [5, 5.41) is 0. The van der Waals surface area contributed by atoms with Crippen molar-refractivity contribution < 1.29 is 4.79 Å². The zero-order valence-electron chi connectivity index (χ0n) is 14.0. The minimum atomic E-state index is 0.0925. The van der Waals surface area contributed by atoms with E-state index in [-0.39, 0.29) is 5.91 Å². The van der Waals surface area contributed by atoms with Crippen molar-refractivity contribution in [3.8, 4) is 0 Å². The quantitative estimate of drug-likeness (QED) is 0.858. The Labute approximate surface area is 133 Å². The Kier molecular flexibility index (Phi) is 4.48. The lowest BCUT2D eigenvalue weighted by Crippen LogP contribution is -2.48. The minimum Gasteiger partial charge on any atom is -0.337 e. The van der Waals surface area contributed by atoms with Gasteiger partial charge in [0.2, 0.25) is 0 Å². The molecule has 0 spiro atoms. The Bertz CT molecular complexity index is 537. The van der Waals surface area contributed by atoms with Crippen LogP contribution in [0, 0.1) is 17.8 Å². The molecule has 2 aliphatic heterocycles. The van der Waals surface area contributed by atoms with Crippen molar-refractivity contribution in [2.24, 2.45) is 17.8 Å². The molecule has 0 N–H and O–H groups in total. The van der Waals surface area contributed by atoms with Crippen molar-refractivity contribution in [2.45, 2.75) is 33.7 Å². The molecule has 0 radical (unpaired) electrons. The van der Waals surface area contributed by atoms with E-state index in [0.717, 1.165) is 56.7 Å². The Hall–Kier alpha value is -1.42. The van der Waals surface area contributed by atoms with Crippen LogP contribution < -0.4 is 0 Å². The van der Waals surface area contributed by atoms with Crippen LogP contribution in [0.15, 0.2) is 18.2 Å². The van der Waals surface area contributed by atoms with Crippen molar-refractivity contribution in [1.29, 1.82) is 0 Å². The first-order valence-electron chi connectivity index (χ1n) is 8.50. The van der Waals surface area contributed by atoms with E-state index in [1.54, 1.807) is 0 Å². The van der Waals surface area contributed by atoms with Crippen LogP contribution in [0.2, 0.25) is 0 Å². The Balaban J connectivity index is 1.60. The summed E-state index contributed by atoms with van der Waals surface area (Å²) in [7, 11) is 0. The average molecular weight is 301 g/mol. The number of nitrogens with zero attached hydrogens (tertiary/aromatic N) is 3. The molecule has 0 unspecified atom stereocenters. The first kappa shape index (κ1) is 15.5. The molecule has 1 atom stereocenters. The standard InChI is InChI=1S/C18H27N3O/c1-13(2)15-10-20(11-15)12-16-5-4-6-17(19-16)18(22)21-8-7-14(3)9-21/h4-6,13-15H,7-12H2,1-3H3/t14-/m0/s1. The fourth-order valence-electron chi connectivity index (χ4n) is 3.36. The zero-order chi connectivity index (χ0) is 15.7. The lowest BCUT2D eigenvalue weighted by molar-refractivity contribution is 0.0600. The van der Waals surface area contributed by atoms with Gasteiger partial charge in [-0.3, -0.25) is 9.69 Å². The highest BCUT2D eigenvalue weighted by Gasteiger charge is 2.29. The second-order valence-electron chi connectivity index (χ2n) is 7.36. The average Bonchev–Trinajstić information content (AvgIpc) is 2.88. The van der Waals surface area contributed by atoms with Crippen molar-refractivity contribution in [2.75, 3.05) is 26.2 Å². The predicted octanol–water partition coefficient (Wildman–Crippen LogP) is 2.65. The van der Waals surface area contributed by atoms with Crippen LogP contribution in [0.4, 0.5) is 0 Å². The van der Waals surface area contributed by atoms with E-state index in [4.69, 9.17) is 0 Å². The van der Waals surface area contributed by atoms with E-state index in [1.165, 1.54) is 0 Å². The number of rotatable bonds is 4. The summed E-state index contributed by atoms with van der Waals surface area (Å²) >= 11 is 0. The maximum Gasteiger partial charge on any atom is 0.272 e. The van der Waals surface area contributed by atoms with Gasteiger partial charge in [-0.15, -0.1) is 0 Å². The Morgan fingerprint density at radius 2 is 2.09 bits per heavy atom. The normalized spacial score (nSPS) is 23.1. The van der Waals surface area contributed by atoms with Crippen molar-refractivity contribution in [3.05, 3.63) is 29.6 Å². The number of amides is 1. The van der Waals surface area contributed by atoms with Gasteiger partial charge in [0.15, 0.2) is 0 Å². The molecule has 0 aliphatic carbocycles. The molecule has 0 bridgehead atoms. The molecular weight excluding hydrogens is 274 g/mol. The Morgan fingerprint density at radius 1 is 1.32 bits per heavy atom. The van der Waals surface area contributed by atoms with E-state index >= 15 is 0 Å². The van der Waals surface area contributed by atoms with Gasteiger partial charge in [-0.1, -0.05) is 26.8 Å². The summed E-state index contributed by atoms with van der Waals surface area (Å²) < 4.78 is 0. The van der Waals surface area contributed by atoms with Gasteiger partial charge in [-0.05, 0) is 36.3 Å². The predicted molar refractivity (Wildman–Crippen MR) is 87.5 cm³/mol. The number of carbonyl (C=O) groups is 1. The second-order valence-corrected chi connectivity index (χ2v) is 7.36. The number of likely N-dealkylation sites (tertiary alicyclic amines) is 2. The Morgan fingerprint density at radius 3 is 2.73 bits per heavy atom. The molecule has 3 rings (SSSR count). The molecular formula is C18H27N3O. The molecule has 1 aromatic rings. The van der Waals surface area contributed by atoms with Gasteiger partial charge < -0.3 is 4.90 Å². The SMILES string of the molecule is CC(C)C1CN(Cc2cccc(C(=O)N3CC[C@H](C)C3)n2)C1. The zero-order valence-corrected chi connectivity index (χ0v) is 14.0. The van der Waals surface area contributed by atoms with E-state index in [0.29, 0.717) is 11.6 Å². The monoisotopic (exact) mass is 301 g/mol. The van der Waals surface area contributed by atoms with Crippen molar-refractivity contribution in [1.82, 2.24) is 14.8 Å². The third-order valence-electron chi connectivity index (χ3n) is 5.05. The molecule has 120 valence electrons. The molecule has 0 saturated carbocycles. The van der Waals surface area contributed by atoms with Gasteiger partial charge in [-0.2, -0.15) is 0 Å². The number of pyridine rings is 1. The van der Waals surface area contributed by atoms with Gasteiger partial charge >= 0.3 is 0 Å². The highest BCUT2D eigenvalue weighted by molar-refractivity contribution is 5.92. The molecule has 1 amide bonds. The van der Waals surface area contributed by atoms with Crippen LogP contribution in [0.5, 0.6) is 0 Å². The van der Waals surface area contributed by atoms with Crippen LogP contribution >= 0.6 is 0 Å². The molecule has 4 heteroatoms. The van der Waals surface area contributed by atoms with Crippen LogP contribution in [0.3, 0.4) is 0 Å². The summed E-state index contributed by atoms with van der Waals surface area (Å²) in [6.45, 7) is 11.7. The van der Waals surface area contributed by atoms with Crippen LogP contribution in [0.25, 0.3) is 0 Å². The molecule has 2 fully saturated rings. The molecule has 4 nitrogen and oxygen atoms in total. The molecule has 22 heavy (non-hydrogen) atoms. The van der Waals surface area contributed by atoms with E-state index in [1.807, 2.05) is 23.1 Å². The van der Waals surface area contributed by atoms with Gasteiger partial charge in [-0.25, -0.2) is 4.98 Å². The summed E-state index contributed by atoms with van der Waals surface area (Å²) in [6.07, 6.45) is 1.11. The maximum atomic E-state index is 12.5. The topological polar surface area (TPSA) is 36.4 Å². The van der Waals surface area contributed by atoms with Crippen LogP contribution in [-0.4, -0.2) is 46.9 Å². The fraction of sp³-hybridized carbons (Fsp3) is 0.667. The minimum absolute atomic E-state index is 0.0925. The summed E-state index contributed by atoms with van der Waals surface area (Å²) in [6, 6.07) is 5.85. The third kappa shape index (κ3) is 3.32. The fourth-order valence-corrected chi connectivity index (χ4v) is 3.36. The van der Waals surface area contributed by atoms with Crippen LogP contribution in [0.1, 0.15) is 43.4 Å². The highest BCUT2D eigenvalue weighted by Crippen LogP contribution is 2.24. The van der Waals surface area contributed by atoms with Gasteiger partial charge in [0.25, 0.3) is 5.91 Å². The molecule has 2 aliphatic rings. The molecule has 2 saturated heterocycles. The van der Waals surface area contributed by atoms with E-state index in [2.05, 4.69) is 30.7 Å². The summed E-state index contributed by atoms with van der Waals surface area (Å²) in [5.41, 5.74) is 1.62. The first-order valence-corrected chi connectivity index (χ1v) is 8.50. The summed E-state index contributed by atoms with van der Waals surface area (Å²) in [4.78, 5) is 21.5. The number of carbonyl (C=O) groups excluding carboxylic acids is 1. The van der Waals surface area contributed by atoms with Crippen molar-refractivity contribution in [3.63, 3.8) is 0 Å². The van der Waals surface area contributed by atoms with Crippen LogP contribution in [-0.2, 0) is 6.54 Å². The van der Waals surface area contributed by atoms with Crippen molar-refractivity contribution >= 4 is 5.91 Å². The summed E-state index contributed by atoms with van der Waals surface area (Å²) in [5.74, 6) is 2.28. The highest BCUT2D eigenvalue weighted by atomic mass is 16.2. The molecule has 0 aromatic carbocycles. The van der Waals surface area contributed by atoms with Gasteiger partial charge in [0, 0.05) is 32.7 Å². The number of aromatic nitrogens is 1. The second kappa shape index (κ2) is 6.37. The third-order valence-corrected chi connectivity index (χ3v) is 5.05. The van der Waals surface area contributed by atoms with Gasteiger partial charge in [0.1, 0.15) is 5.69 Å². The molecule has 3 heterocycles. The number of hydrogen-bond donors (Lipinski definition) is 0. The maximum absolute atomic E-state index is 12.5. The first-order chi connectivity index (χ1) is 10.5. The lowest BCUT2D eigenvalue weighted by atomic mass is 9.88.